The molecule has 20 N–H and O–H groups in total. The molecule has 8 amide bonds. The Morgan fingerprint density at radius 2 is 0.725 bits per heavy atom. The average molecular weight is 1780 g/mol. The van der Waals surface area contributed by atoms with Crippen LogP contribution < -0.4 is 67.1 Å². The van der Waals surface area contributed by atoms with Crippen LogP contribution in [0.3, 0.4) is 0 Å². The van der Waals surface area contributed by atoms with E-state index in [9.17, 15) is 42.7 Å². The molecule has 6 heterocycles. The maximum atomic E-state index is 15.1. The van der Waals surface area contributed by atoms with Crippen LogP contribution in [0.2, 0.25) is 0 Å². The van der Waals surface area contributed by atoms with Gasteiger partial charge in [0, 0.05) is 77.3 Å². The van der Waals surface area contributed by atoms with Crippen LogP contribution in [-0.2, 0) is 35.7 Å². The summed E-state index contributed by atoms with van der Waals surface area (Å²) >= 11 is 0. The van der Waals surface area contributed by atoms with Crippen molar-refractivity contribution in [3.63, 3.8) is 0 Å². The van der Waals surface area contributed by atoms with E-state index in [1.54, 1.807) is 51.8 Å². The molecular weight excluding hydrogens is 1670 g/mol. The van der Waals surface area contributed by atoms with Crippen LogP contribution in [0.15, 0.2) is 182 Å². The standard InChI is InChI=1S/C26H31N5O3.C25H29N5O2.C24H26FN5O3.C24H26FN5O2/c1-15-6-4-5-7-21(15)26(33)29-14-18-8-10-19(11-9-18)23-22(25(28)32)24(27)31(30-23)20-12-16(2)34-17(3)13-20;1-15-7-3-6-10-20(15)25(32)28-14-17-11-12-19(16(2)13-17)22-21(24(27)31)23(26)30(29-22)18-8-4-5-9-18;1-14-5-2-3-7-17(14)24(32)28-12-15-8-9-18(19(25)11-15)21-20(23(27)31)22(26)30(29-21)16-6-4-10-33-13-16;1-14-5-2-3-6-17(14)24(32)28-13-15-9-11-16(12-10-15)21-20(23(27)31)22(26)30(29-21)19-8-4-7-18(19)25/h4-11,16-17,20H,12-14,27H2,1-3H3,(H2,28,32)(H,29,33);3,6-7,10-13,18H,4-5,8-9,14,26H2,1-2H3,(H2,27,31)(H,28,32);2-3,5,7-9,11,16H,4,6,10,12-13,26H2,1H3,(H2,27,31)(H,28,32);2-3,5-6,9-12,18-19H,4,7-8,13,26H2,1H3,(H2,27,31)(H,28,32). The van der Waals surface area contributed by atoms with Gasteiger partial charge in [0.05, 0.1) is 43.0 Å². The smallest absolute Gasteiger partial charge is 0.254 e. The number of aryl methyl sites for hydroxylation is 5. The van der Waals surface area contributed by atoms with Crippen molar-refractivity contribution in [2.45, 2.75) is 188 Å². The highest BCUT2D eigenvalue weighted by Gasteiger charge is 2.36. The molecule has 16 rings (SSSR count). The Morgan fingerprint density at radius 3 is 1.11 bits per heavy atom. The maximum absolute atomic E-state index is 15.1. The van der Waals surface area contributed by atoms with Gasteiger partial charge in [0.15, 0.2) is 0 Å². The first kappa shape index (κ1) is 94.0. The van der Waals surface area contributed by atoms with Gasteiger partial charge in [-0.15, -0.1) is 0 Å². The highest BCUT2D eigenvalue weighted by molar-refractivity contribution is 6.06. The number of amides is 8. The molecule has 2 saturated heterocycles. The third kappa shape index (κ3) is 21.9. The predicted octanol–water partition coefficient (Wildman–Crippen LogP) is 14.0. The van der Waals surface area contributed by atoms with Crippen LogP contribution in [-0.4, -0.2) is 118 Å². The molecule has 8 aromatic carbocycles. The molecule has 5 unspecified atom stereocenters. The van der Waals surface area contributed by atoms with Gasteiger partial charge in [0.2, 0.25) is 0 Å². The number of hydrogen-bond acceptors (Lipinski definition) is 18. The van der Waals surface area contributed by atoms with E-state index in [2.05, 4.69) is 31.5 Å². The van der Waals surface area contributed by atoms with E-state index in [1.807, 2.05) is 176 Å². The highest BCUT2D eigenvalue weighted by Crippen LogP contribution is 2.41. The molecule has 2 saturated carbocycles. The van der Waals surface area contributed by atoms with Crippen molar-refractivity contribution in [2.24, 2.45) is 22.9 Å². The van der Waals surface area contributed by atoms with Crippen LogP contribution in [0.4, 0.5) is 32.1 Å². The van der Waals surface area contributed by atoms with Gasteiger partial charge >= 0.3 is 0 Å². The molecule has 4 aliphatic rings. The zero-order valence-corrected chi connectivity index (χ0v) is 74.4. The fourth-order valence-electron chi connectivity index (χ4n) is 17.4. The summed E-state index contributed by atoms with van der Waals surface area (Å²) < 4.78 is 47.1. The lowest BCUT2D eigenvalue weighted by Crippen LogP contribution is -2.32. The largest absolute Gasteiger partial charge is 0.383 e. The molecule has 0 spiro atoms. The summed E-state index contributed by atoms with van der Waals surface area (Å²) in [5, 5.41) is 30.0. The van der Waals surface area contributed by atoms with Gasteiger partial charge in [-0.3, -0.25) is 38.4 Å². The zero-order chi connectivity index (χ0) is 93.6. The van der Waals surface area contributed by atoms with Gasteiger partial charge < -0.3 is 76.6 Å². The Hall–Kier alpha value is -14.7. The summed E-state index contributed by atoms with van der Waals surface area (Å²) in [6.45, 7) is 15.9. The Balaban J connectivity index is 0.000000149. The molecule has 30 nitrogen and oxygen atoms in total. The second-order valence-corrected chi connectivity index (χ2v) is 33.7. The van der Waals surface area contributed by atoms with E-state index in [0.717, 1.165) is 113 Å². The van der Waals surface area contributed by atoms with E-state index in [-0.39, 0.29) is 111 Å². The summed E-state index contributed by atoms with van der Waals surface area (Å²) in [5.74, 6) is -3.06. The molecule has 131 heavy (non-hydrogen) atoms. The number of nitrogen functional groups attached to an aromatic ring is 4. The molecule has 0 bridgehead atoms. The second kappa shape index (κ2) is 42.1. The molecule has 0 radical (unpaired) electrons. The minimum absolute atomic E-state index is 0.0138. The second-order valence-electron chi connectivity index (χ2n) is 33.7. The zero-order valence-electron chi connectivity index (χ0n) is 74.4. The molecule has 4 aromatic heterocycles. The Labute approximate surface area is 757 Å². The van der Waals surface area contributed by atoms with Crippen molar-refractivity contribution in [1.29, 1.82) is 0 Å². The quantitative estimate of drug-likeness (QED) is 0.0267. The number of carbonyl (C=O) groups excluding carboxylic acids is 8. The van der Waals surface area contributed by atoms with E-state index in [4.69, 9.17) is 65.5 Å². The van der Waals surface area contributed by atoms with E-state index in [1.165, 1.54) is 21.5 Å². The summed E-state index contributed by atoms with van der Waals surface area (Å²) in [7, 11) is 0. The minimum Gasteiger partial charge on any atom is -0.383 e. The van der Waals surface area contributed by atoms with E-state index in [0.29, 0.717) is 102 Å². The fourth-order valence-corrected chi connectivity index (χ4v) is 17.4. The number of alkyl halides is 1. The van der Waals surface area contributed by atoms with Crippen molar-refractivity contribution in [3.05, 3.63) is 282 Å². The first-order valence-corrected chi connectivity index (χ1v) is 43.8. The number of ether oxygens (including phenoxy) is 2. The molecule has 12 aromatic rings. The Bertz CT molecular complexity index is 6220. The van der Waals surface area contributed by atoms with Crippen LogP contribution in [0, 0.1) is 40.4 Å². The number of hydrogen-bond donors (Lipinski definition) is 12. The number of anilines is 4. The third-order valence-electron chi connectivity index (χ3n) is 24.3. The van der Waals surface area contributed by atoms with Gasteiger partial charge in [-0.2, -0.15) is 20.4 Å². The number of halogens is 2. The van der Waals surface area contributed by atoms with Crippen molar-refractivity contribution in [1.82, 2.24) is 60.4 Å². The SMILES string of the molecule is Cc1ccccc1C(=O)NCc1ccc(-c2nn(C3CC(C)OC(C)C3)c(N)c2C(N)=O)cc1.Cc1ccccc1C(=O)NCc1ccc(-c2nn(C3CCCC3)c(N)c2C(N)=O)c(C)c1.Cc1ccccc1C(=O)NCc1ccc(-c2nn(C3CCCC3F)c(N)c2C(N)=O)cc1.Cc1ccccc1C(=O)NCc1ccc(-c2nn(C3CCCOC3)c(N)c2C(N)=O)c(F)c1. The number of primary amides is 4. The van der Waals surface area contributed by atoms with Crippen LogP contribution in [0.1, 0.15) is 242 Å². The molecule has 2 aliphatic heterocycles. The Kier molecular flexibility index (Phi) is 30.2. The topological polar surface area (TPSA) is 483 Å². The van der Waals surface area contributed by atoms with Crippen LogP contribution in [0.25, 0.3) is 45.0 Å². The number of rotatable bonds is 24. The minimum atomic E-state index is -1.05. The molecule has 2 aliphatic carbocycles. The summed E-state index contributed by atoms with van der Waals surface area (Å²) in [5.41, 5.74) is 62.2. The van der Waals surface area contributed by atoms with Gasteiger partial charge in [0.25, 0.3) is 47.3 Å². The van der Waals surface area contributed by atoms with Gasteiger partial charge in [-0.05, 0) is 193 Å². The van der Waals surface area contributed by atoms with Crippen LogP contribution in [0.5, 0.6) is 0 Å². The Morgan fingerprint density at radius 1 is 0.382 bits per heavy atom. The van der Waals surface area contributed by atoms with Crippen LogP contribution >= 0.6 is 0 Å². The number of nitrogens with two attached hydrogens (primary N) is 8. The molecule has 682 valence electrons. The normalized spacial score (nSPS) is 17.0. The number of aromatic nitrogens is 8. The number of nitrogens with one attached hydrogen (secondary N) is 4. The average Bonchev–Trinajstić information content (AvgIpc) is 1.64. The first-order valence-electron chi connectivity index (χ1n) is 43.8. The number of carbonyl (C=O) groups is 8. The maximum Gasteiger partial charge on any atom is 0.254 e. The summed E-state index contributed by atoms with van der Waals surface area (Å²) in [6.07, 6.45) is 8.32. The van der Waals surface area contributed by atoms with Crippen molar-refractivity contribution in [2.75, 3.05) is 36.1 Å². The number of benzene rings is 8. The van der Waals surface area contributed by atoms with Crippen molar-refractivity contribution in [3.8, 4) is 45.0 Å². The highest BCUT2D eigenvalue weighted by atomic mass is 19.1. The summed E-state index contributed by atoms with van der Waals surface area (Å²) in [4.78, 5) is 98.5. The van der Waals surface area contributed by atoms with E-state index < -0.39 is 41.7 Å². The van der Waals surface area contributed by atoms with Gasteiger partial charge in [-0.25, -0.2) is 27.5 Å². The molecule has 4 fully saturated rings. The summed E-state index contributed by atoms with van der Waals surface area (Å²) in [6, 6.07) is 54.3. The molecular formula is C99H112F2N20O10. The lowest BCUT2D eigenvalue weighted by atomic mass is 9.99. The van der Waals surface area contributed by atoms with E-state index >= 15 is 4.39 Å². The molecule has 32 heteroatoms. The lowest BCUT2D eigenvalue weighted by Gasteiger charge is -2.32. The number of nitrogens with zero attached hydrogens (tertiary/aromatic N) is 8. The monoisotopic (exact) mass is 1780 g/mol. The fraction of sp³-hybridized carbons (Fsp3) is 0.313. The molecule has 5 atom stereocenters. The van der Waals surface area contributed by atoms with Crippen molar-refractivity contribution >= 4 is 70.5 Å². The lowest BCUT2D eigenvalue weighted by molar-refractivity contribution is -0.0502. The predicted molar refractivity (Wildman–Crippen MR) is 499 cm³/mol. The van der Waals surface area contributed by atoms with Crippen molar-refractivity contribution < 1.29 is 56.6 Å². The van der Waals surface area contributed by atoms with Gasteiger partial charge in [-0.1, -0.05) is 158 Å². The van der Waals surface area contributed by atoms with Gasteiger partial charge in [0.1, 0.15) is 80.3 Å². The first-order chi connectivity index (χ1) is 62.8. The third-order valence-corrected chi connectivity index (χ3v) is 24.3.